The quantitative estimate of drug-likeness (QED) is 0.657. The van der Waals surface area contributed by atoms with Crippen molar-refractivity contribution in [3.8, 4) is 0 Å². The molecule has 0 unspecified atom stereocenters. The Morgan fingerprint density at radius 1 is 1.04 bits per heavy atom. The molecule has 0 aliphatic rings. The molecule has 28 heavy (non-hydrogen) atoms. The zero-order valence-electron chi connectivity index (χ0n) is 15.9. The highest BCUT2D eigenvalue weighted by Crippen LogP contribution is 2.07. The van der Waals surface area contributed by atoms with Crippen molar-refractivity contribution in [3.63, 3.8) is 0 Å². The van der Waals surface area contributed by atoms with E-state index < -0.39 is 0 Å². The van der Waals surface area contributed by atoms with Gasteiger partial charge in [0.1, 0.15) is 0 Å². The molecule has 0 saturated carbocycles. The van der Waals surface area contributed by atoms with Gasteiger partial charge in [-0.15, -0.1) is 0 Å². The molecule has 0 bridgehead atoms. The Balaban J connectivity index is 1.51. The fourth-order valence-electron chi connectivity index (χ4n) is 2.90. The summed E-state index contributed by atoms with van der Waals surface area (Å²) in [6.07, 6.45) is 5.37. The molecular formula is C22H24N4O2. The molecule has 0 saturated heterocycles. The van der Waals surface area contributed by atoms with Crippen molar-refractivity contribution < 1.29 is 9.59 Å². The molecule has 2 aromatic carbocycles. The number of nitrogens with zero attached hydrogens (tertiary/aromatic N) is 3. The number of nitrogens with one attached hydrogen (secondary N) is 1. The van der Waals surface area contributed by atoms with Crippen LogP contribution in [0.25, 0.3) is 0 Å². The fourth-order valence-corrected chi connectivity index (χ4v) is 2.90. The van der Waals surface area contributed by atoms with Crippen molar-refractivity contribution in [3.05, 3.63) is 90.0 Å². The molecule has 0 spiro atoms. The molecule has 0 fully saturated rings. The van der Waals surface area contributed by atoms with E-state index in [1.807, 2.05) is 60.2 Å². The predicted molar refractivity (Wildman–Crippen MR) is 108 cm³/mol. The zero-order valence-corrected chi connectivity index (χ0v) is 15.9. The molecule has 0 radical (unpaired) electrons. The molecule has 2 amide bonds. The topological polar surface area (TPSA) is 67.2 Å². The van der Waals surface area contributed by atoms with E-state index in [-0.39, 0.29) is 18.4 Å². The predicted octanol–water partition coefficient (Wildman–Crippen LogP) is 2.71. The summed E-state index contributed by atoms with van der Waals surface area (Å²) in [7, 11) is 0. The monoisotopic (exact) mass is 376 g/mol. The summed E-state index contributed by atoms with van der Waals surface area (Å²) in [5, 5.41) is 2.72. The Hall–Kier alpha value is -3.41. The van der Waals surface area contributed by atoms with Crippen molar-refractivity contribution in [1.82, 2.24) is 19.8 Å². The van der Waals surface area contributed by atoms with Gasteiger partial charge in [0.25, 0.3) is 5.91 Å². The van der Waals surface area contributed by atoms with Gasteiger partial charge in [0, 0.05) is 37.6 Å². The smallest absolute Gasteiger partial charge is 0.251 e. The summed E-state index contributed by atoms with van der Waals surface area (Å²) in [4.78, 5) is 30.5. The number of amides is 2. The third-order valence-corrected chi connectivity index (χ3v) is 4.49. The molecule has 144 valence electrons. The minimum Gasteiger partial charge on any atom is -0.343 e. The van der Waals surface area contributed by atoms with Crippen LogP contribution >= 0.6 is 0 Å². The van der Waals surface area contributed by atoms with E-state index in [9.17, 15) is 9.59 Å². The average molecular weight is 376 g/mol. The molecule has 3 aromatic rings. The van der Waals surface area contributed by atoms with Gasteiger partial charge in [0.2, 0.25) is 5.91 Å². The van der Waals surface area contributed by atoms with E-state index >= 15 is 0 Å². The van der Waals surface area contributed by atoms with E-state index in [1.54, 1.807) is 29.6 Å². The maximum atomic E-state index is 12.4. The second-order valence-electron chi connectivity index (χ2n) is 6.51. The highest BCUT2D eigenvalue weighted by Gasteiger charge is 2.14. The second kappa shape index (κ2) is 9.50. The van der Waals surface area contributed by atoms with Crippen LogP contribution in [0.4, 0.5) is 0 Å². The number of imidazole rings is 1. The van der Waals surface area contributed by atoms with Crippen molar-refractivity contribution in [2.45, 2.75) is 20.0 Å². The van der Waals surface area contributed by atoms with Crippen LogP contribution in [0.1, 0.15) is 28.4 Å². The van der Waals surface area contributed by atoms with Gasteiger partial charge in [-0.1, -0.05) is 42.5 Å². The Morgan fingerprint density at radius 2 is 1.79 bits per heavy atom. The van der Waals surface area contributed by atoms with Gasteiger partial charge in [0.15, 0.2) is 0 Å². The largest absolute Gasteiger partial charge is 0.343 e. The third kappa shape index (κ3) is 5.30. The van der Waals surface area contributed by atoms with Crippen LogP contribution in [0.2, 0.25) is 0 Å². The van der Waals surface area contributed by atoms with E-state index in [1.165, 1.54) is 0 Å². The number of hydrogen-bond acceptors (Lipinski definition) is 3. The first-order valence-electron chi connectivity index (χ1n) is 9.30. The van der Waals surface area contributed by atoms with Crippen LogP contribution in [-0.2, 0) is 17.9 Å². The summed E-state index contributed by atoms with van der Waals surface area (Å²) in [6, 6.07) is 17.2. The summed E-state index contributed by atoms with van der Waals surface area (Å²) in [6.45, 7) is 3.74. The lowest BCUT2D eigenvalue weighted by Gasteiger charge is -2.21. The normalized spacial score (nSPS) is 10.5. The average Bonchev–Trinajstić information content (AvgIpc) is 3.24. The highest BCUT2D eigenvalue weighted by atomic mass is 16.2. The number of likely N-dealkylation sites (N-methyl/N-ethyl adjacent to an activating group) is 1. The van der Waals surface area contributed by atoms with Gasteiger partial charge in [-0.05, 0) is 30.2 Å². The zero-order chi connectivity index (χ0) is 19.8. The van der Waals surface area contributed by atoms with E-state index in [0.29, 0.717) is 25.2 Å². The third-order valence-electron chi connectivity index (χ3n) is 4.49. The van der Waals surface area contributed by atoms with Gasteiger partial charge in [-0.2, -0.15) is 0 Å². The summed E-state index contributed by atoms with van der Waals surface area (Å²) >= 11 is 0. The molecule has 1 aromatic heterocycles. The summed E-state index contributed by atoms with van der Waals surface area (Å²) < 4.78 is 1.96. The van der Waals surface area contributed by atoms with Crippen LogP contribution in [0.3, 0.4) is 0 Å². The molecule has 0 aliphatic heterocycles. The maximum absolute atomic E-state index is 12.4. The maximum Gasteiger partial charge on any atom is 0.251 e. The molecule has 1 heterocycles. The Kier molecular flexibility index (Phi) is 6.57. The molecular weight excluding hydrogens is 352 g/mol. The first-order chi connectivity index (χ1) is 13.7. The number of rotatable bonds is 8. The Bertz CT molecular complexity index is 890. The van der Waals surface area contributed by atoms with Crippen LogP contribution in [0.5, 0.6) is 0 Å². The van der Waals surface area contributed by atoms with Crippen LogP contribution in [0, 0.1) is 0 Å². The molecule has 0 atom stereocenters. The van der Waals surface area contributed by atoms with Crippen LogP contribution in [0.15, 0.2) is 73.3 Å². The number of carbonyl (C=O) groups excluding carboxylic acids is 2. The van der Waals surface area contributed by atoms with E-state index in [4.69, 9.17) is 0 Å². The first-order valence-corrected chi connectivity index (χ1v) is 9.30. The first kappa shape index (κ1) is 19.4. The second-order valence-corrected chi connectivity index (χ2v) is 6.51. The molecule has 3 rings (SSSR count). The number of aromatic nitrogens is 2. The van der Waals surface area contributed by atoms with E-state index in [0.717, 1.165) is 11.1 Å². The lowest BCUT2D eigenvalue weighted by atomic mass is 10.1. The minimum atomic E-state index is -0.252. The van der Waals surface area contributed by atoms with Crippen molar-refractivity contribution in [2.24, 2.45) is 0 Å². The van der Waals surface area contributed by atoms with Gasteiger partial charge in [-0.3, -0.25) is 9.59 Å². The van der Waals surface area contributed by atoms with Crippen molar-refractivity contribution >= 4 is 11.8 Å². The van der Waals surface area contributed by atoms with Gasteiger partial charge in [-0.25, -0.2) is 4.98 Å². The number of benzene rings is 2. The fraction of sp³-hybridized carbons (Fsp3) is 0.227. The lowest BCUT2D eigenvalue weighted by molar-refractivity contribution is -0.130. The molecule has 6 heteroatoms. The summed E-state index contributed by atoms with van der Waals surface area (Å²) in [5.74, 6) is -0.352. The Labute approximate surface area is 164 Å². The summed E-state index contributed by atoms with van der Waals surface area (Å²) in [5.41, 5.74) is 2.68. The SMILES string of the molecule is CCN(Cc1ccccc1)C(=O)CNC(=O)c1ccc(Cn2ccnc2)cc1. The Morgan fingerprint density at radius 3 is 2.43 bits per heavy atom. The highest BCUT2D eigenvalue weighted by molar-refractivity contribution is 5.96. The number of hydrogen-bond donors (Lipinski definition) is 1. The van der Waals surface area contributed by atoms with Crippen LogP contribution < -0.4 is 5.32 Å². The minimum absolute atomic E-state index is 0.0176. The van der Waals surface area contributed by atoms with E-state index in [2.05, 4.69) is 10.3 Å². The molecule has 0 aliphatic carbocycles. The van der Waals surface area contributed by atoms with Crippen LogP contribution in [-0.4, -0.2) is 39.4 Å². The van der Waals surface area contributed by atoms with Crippen molar-refractivity contribution in [1.29, 1.82) is 0 Å². The van der Waals surface area contributed by atoms with Gasteiger partial charge < -0.3 is 14.8 Å². The molecule has 6 nitrogen and oxygen atoms in total. The van der Waals surface area contributed by atoms with Gasteiger partial charge in [0.05, 0.1) is 12.9 Å². The lowest BCUT2D eigenvalue weighted by Crippen LogP contribution is -2.39. The standard InChI is InChI=1S/C22H24N4O2/c1-2-26(16-18-6-4-3-5-7-18)21(27)14-24-22(28)20-10-8-19(9-11-20)15-25-13-12-23-17-25/h3-13,17H,2,14-16H2,1H3,(H,24,28). The number of carbonyl (C=O) groups is 2. The molecule has 1 N–H and O–H groups in total. The van der Waals surface area contributed by atoms with Gasteiger partial charge >= 0.3 is 0 Å². The van der Waals surface area contributed by atoms with Crippen molar-refractivity contribution in [2.75, 3.05) is 13.1 Å².